The van der Waals surface area contributed by atoms with Gasteiger partial charge in [-0.2, -0.15) is 0 Å². The molecule has 3 aromatic carbocycles. The average molecular weight is 567 g/mol. The molecule has 168 valence electrons. The fourth-order valence-electron chi connectivity index (χ4n) is 3.01. The van der Waals surface area contributed by atoms with Crippen molar-refractivity contribution in [3.05, 3.63) is 118 Å². The number of aromatic nitrogens is 2. The summed E-state index contributed by atoms with van der Waals surface area (Å²) in [5.74, 6) is 0. The normalized spacial score (nSPS) is 9.91. The quantitative estimate of drug-likeness (QED) is 0.0729. The van der Waals surface area contributed by atoms with Crippen molar-refractivity contribution in [2.24, 2.45) is 0 Å². The number of nitrogens with zero attached hydrogens (tertiary/aromatic N) is 4. The van der Waals surface area contributed by atoms with Crippen LogP contribution in [0, 0.1) is 10.1 Å². The summed E-state index contributed by atoms with van der Waals surface area (Å²) in [6, 6.07) is 26.1. The molecule has 0 spiro atoms. The van der Waals surface area contributed by atoms with Gasteiger partial charge >= 0.3 is 27.7 Å². The third-order valence-corrected chi connectivity index (χ3v) is 5.23. The van der Waals surface area contributed by atoms with Gasteiger partial charge in [-0.1, -0.05) is 42.5 Å². The first-order chi connectivity index (χ1) is 16.2. The Hall–Kier alpha value is -3.02. The van der Waals surface area contributed by atoms with Crippen LogP contribution in [0.2, 0.25) is 0 Å². The van der Waals surface area contributed by atoms with E-state index in [0.717, 1.165) is 32.3 Å². The molecule has 0 N–H and O–H groups in total. The van der Waals surface area contributed by atoms with Gasteiger partial charge in [0.1, 0.15) is 0 Å². The molecule has 6 nitrogen and oxygen atoms in total. The second kappa shape index (κ2) is 12.9. The van der Waals surface area contributed by atoms with Crippen molar-refractivity contribution in [1.29, 1.82) is 0 Å². The maximum atomic E-state index is 10.7. The smallest absolute Gasteiger partial charge is 0.0267 e. The molecule has 0 unspecified atom stereocenters. The number of pyridine rings is 2. The Balaban J connectivity index is 0.000000329. The Morgan fingerprint density at radius 1 is 0.818 bits per heavy atom. The topological polar surface area (TPSA) is 83.0 Å². The minimum atomic E-state index is -0.409. The monoisotopic (exact) mass is 566 g/mol. The summed E-state index contributed by atoms with van der Waals surface area (Å²) in [6.07, 6.45) is 5.28. The fraction of sp³-hybridized carbons (Fsp3) is 0. The van der Waals surface area contributed by atoms with Gasteiger partial charge in [-0.25, -0.2) is 11.9 Å². The van der Waals surface area contributed by atoms with Crippen molar-refractivity contribution in [1.82, 2.24) is 9.97 Å². The van der Waals surface area contributed by atoms with Crippen molar-refractivity contribution < 1.29 is 23.1 Å². The zero-order chi connectivity index (χ0) is 23.5. The molecule has 0 amide bonds. The van der Waals surface area contributed by atoms with E-state index in [1.807, 2.05) is 48.5 Å². The van der Waals surface area contributed by atoms with Crippen molar-refractivity contribution in [3.63, 3.8) is 0 Å². The Morgan fingerprint density at radius 2 is 1.52 bits per heavy atom. The first-order valence-corrected chi connectivity index (χ1v) is 12.4. The van der Waals surface area contributed by atoms with Crippen LogP contribution in [-0.4, -0.2) is 14.9 Å². The molecule has 0 fully saturated rings. The van der Waals surface area contributed by atoms with Gasteiger partial charge in [-0.05, 0) is 46.0 Å². The second-order valence-electron chi connectivity index (χ2n) is 6.47. The van der Waals surface area contributed by atoms with Crippen LogP contribution in [0.5, 0.6) is 0 Å². The second-order valence-corrected chi connectivity index (χ2v) is 7.31. The number of hydrogen-bond acceptors (Lipinski definition) is 5. The summed E-state index contributed by atoms with van der Waals surface area (Å²) in [6.45, 7) is 0. The predicted octanol–water partition coefficient (Wildman–Crippen LogP) is 7.78. The molecular weight excluding hydrogens is 550 g/mol. The molecular formula is C24H17ClN4O2PdS. The minimum Gasteiger partial charge on any atom is -0.265 e. The zero-order valence-electron chi connectivity index (χ0n) is 17.0. The van der Waals surface area contributed by atoms with Gasteiger partial charge in [0.2, 0.25) is 0 Å². The SMILES string of the molecule is O=[N+]([O-])c1ccc(S[N-]c2cccc3ccc4cccnc4c23)cc1.[Cl][Pd+].c1ccncc1. The van der Waals surface area contributed by atoms with Crippen molar-refractivity contribution in [3.8, 4) is 0 Å². The van der Waals surface area contributed by atoms with Crippen LogP contribution >= 0.6 is 21.5 Å². The Labute approximate surface area is 210 Å². The summed E-state index contributed by atoms with van der Waals surface area (Å²) in [5, 5.41) is 13.9. The van der Waals surface area contributed by atoms with E-state index in [4.69, 9.17) is 0 Å². The van der Waals surface area contributed by atoms with E-state index in [1.165, 1.54) is 24.1 Å². The molecule has 0 bridgehead atoms. The van der Waals surface area contributed by atoms with E-state index in [1.54, 1.807) is 30.7 Å². The summed E-state index contributed by atoms with van der Waals surface area (Å²) in [7, 11) is 4.49. The maximum Gasteiger partial charge on any atom is 0.0267 e. The summed E-state index contributed by atoms with van der Waals surface area (Å²) in [4.78, 5) is 19.5. The predicted molar refractivity (Wildman–Crippen MR) is 131 cm³/mol. The maximum absolute atomic E-state index is 10.7. The first kappa shape index (κ1) is 24.6. The van der Waals surface area contributed by atoms with Crippen LogP contribution in [0.3, 0.4) is 0 Å². The van der Waals surface area contributed by atoms with Crippen LogP contribution in [-0.2, 0) is 18.2 Å². The Bertz CT molecular complexity index is 1300. The number of nitro groups is 1. The molecule has 5 aromatic rings. The molecule has 2 heterocycles. The first-order valence-electron chi connectivity index (χ1n) is 9.58. The average Bonchev–Trinajstić information content (AvgIpc) is 2.90. The molecule has 5 rings (SSSR count). The Morgan fingerprint density at radius 3 is 2.15 bits per heavy atom. The largest absolute Gasteiger partial charge is 0.265 e. The molecule has 9 heteroatoms. The fourth-order valence-corrected chi connectivity index (χ4v) is 3.63. The molecule has 0 atom stereocenters. The van der Waals surface area contributed by atoms with Crippen LogP contribution in [0.15, 0.2) is 108 Å². The van der Waals surface area contributed by atoms with Crippen molar-refractivity contribution in [2.45, 2.75) is 4.90 Å². The molecule has 0 aliphatic heterocycles. The van der Waals surface area contributed by atoms with Gasteiger partial charge in [0.25, 0.3) is 5.69 Å². The minimum absolute atomic E-state index is 0.0738. The number of hydrogen-bond donors (Lipinski definition) is 0. The number of benzene rings is 3. The van der Waals surface area contributed by atoms with Gasteiger partial charge in [0.05, 0.1) is 10.4 Å². The van der Waals surface area contributed by atoms with E-state index in [-0.39, 0.29) is 5.69 Å². The van der Waals surface area contributed by atoms with Crippen LogP contribution in [0.4, 0.5) is 11.4 Å². The third kappa shape index (κ3) is 6.73. The van der Waals surface area contributed by atoms with Gasteiger partial charge in [0.15, 0.2) is 0 Å². The molecule has 2 aromatic heterocycles. The van der Waals surface area contributed by atoms with E-state index < -0.39 is 4.92 Å². The number of non-ortho nitro benzene ring substituents is 1. The summed E-state index contributed by atoms with van der Waals surface area (Å²) >= 11 is 3.51. The van der Waals surface area contributed by atoms with E-state index >= 15 is 0 Å². The van der Waals surface area contributed by atoms with Gasteiger partial charge in [-0.15, -0.1) is 5.69 Å². The number of rotatable bonds is 4. The van der Waals surface area contributed by atoms with Crippen molar-refractivity contribution in [2.75, 3.05) is 0 Å². The van der Waals surface area contributed by atoms with Crippen LogP contribution in [0.25, 0.3) is 26.4 Å². The third-order valence-electron chi connectivity index (χ3n) is 4.46. The summed E-state index contributed by atoms with van der Waals surface area (Å²) < 4.78 is 4.64. The molecule has 0 aliphatic carbocycles. The Kier molecular flexibility index (Phi) is 9.61. The van der Waals surface area contributed by atoms with E-state index in [2.05, 4.69) is 54.5 Å². The van der Waals surface area contributed by atoms with Crippen LogP contribution in [0.1, 0.15) is 0 Å². The van der Waals surface area contributed by atoms with Gasteiger partial charge < -0.3 is 4.72 Å². The molecule has 0 saturated carbocycles. The molecule has 0 saturated heterocycles. The van der Waals surface area contributed by atoms with Gasteiger partial charge in [0, 0.05) is 36.1 Å². The van der Waals surface area contributed by atoms with E-state index in [9.17, 15) is 10.1 Å². The zero-order valence-corrected chi connectivity index (χ0v) is 20.1. The summed E-state index contributed by atoms with van der Waals surface area (Å²) in [5.41, 5.74) is 1.83. The van der Waals surface area contributed by atoms with E-state index in [0.29, 0.717) is 0 Å². The number of fused-ring (bicyclic) bond motifs is 3. The van der Waals surface area contributed by atoms with Gasteiger partial charge in [-0.3, -0.25) is 20.1 Å². The number of halogens is 1. The molecule has 0 aliphatic rings. The van der Waals surface area contributed by atoms with Crippen LogP contribution < -0.4 is 0 Å². The standard InChI is InChI=1S/C19H12N3O2S.C5H5N.ClH.Pd/c23-22(24)15-8-10-16(11-9-15)25-21-17-5-1-3-13-6-7-14-4-2-12-20-19(14)18(13)17;1-2-4-6-5-3-1;;/h1-12H;1-5H;1H;/q-1;;;+2/p-1. The number of nitro benzene ring substituents is 1. The van der Waals surface area contributed by atoms with Crippen molar-refractivity contribution >= 4 is 54.5 Å². The molecule has 0 radical (unpaired) electrons. The molecule has 33 heavy (non-hydrogen) atoms.